The number of rotatable bonds is 6. The highest BCUT2D eigenvalue weighted by atomic mass is 79.9. The van der Waals surface area contributed by atoms with Crippen LogP contribution in [0.3, 0.4) is 0 Å². The van der Waals surface area contributed by atoms with Crippen LogP contribution in [0, 0.1) is 0 Å². The maximum absolute atomic E-state index is 12.7. The minimum atomic E-state index is -4.37. The minimum absolute atomic E-state index is 0.145. The fourth-order valence-corrected chi connectivity index (χ4v) is 4.63. The summed E-state index contributed by atoms with van der Waals surface area (Å²) in [6.07, 6.45) is -4.10. The van der Waals surface area contributed by atoms with Crippen LogP contribution in [0.4, 0.5) is 18.9 Å². The van der Waals surface area contributed by atoms with Crippen molar-refractivity contribution in [3.8, 4) is 0 Å². The number of sulfonamides is 1. The van der Waals surface area contributed by atoms with Crippen LogP contribution in [0.5, 0.6) is 0 Å². The van der Waals surface area contributed by atoms with Crippen LogP contribution in [0.1, 0.15) is 24.1 Å². The average molecular weight is 483 g/mol. The van der Waals surface area contributed by atoms with Crippen molar-refractivity contribution in [1.82, 2.24) is 4.31 Å². The molecule has 10 heteroatoms. The van der Waals surface area contributed by atoms with E-state index >= 15 is 0 Å². The molecule has 2 aromatic carbocycles. The van der Waals surface area contributed by atoms with E-state index in [1.165, 1.54) is 35.6 Å². The quantitative estimate of drug-likeness (QED) is 0.583. The molecule has 0 fully saturated rings. The third-order valence-electron chi connectivity index (χ3n) is 4.02. The molecule has 1 unspecified atom stereocenters. The normalized spacial score (nSPS) is 13.6. The first-order valence-electron chi connectivity index (χ1n) is 7.86. The lowest BCUT2D eigenvalue weighted by molar-refractivity contribution is -0.137. The van der Waals surface area contributed by atoms with Crippen molar-refractivity contribution in [2.24, 2.45) is 0 Å². The second kappa shape index (κ2) is 8.47. The minimum Gasteiger partial charge on any atom is -0.378 e. The van der Waals surface area contributed by atoms with E-state index in [9.17, 15) is 21.6 Å². The zero-order valence-electron chi connectivity index (χ0n) is 14.6. The van der Waals surface area contributed by atoms with Crippen molar-refractivity contribution < 1.29 is 21.6 Å². The highest BCUT2D eigenvalue weighted by Crippen LogP contribution is 2.32. The molecular formula is C17H19BrF3N2O2PS. The van der Waals surface area contributed by atoms with Crippen molar-refractivity contribution in [1.29, 1.82) is 0 Å². The van der Waals surface area contributed by atoms with Gasteiger partial charge < -0.3 is 5.32 Å². The smallest absolute Gasteiger partial charge is 0.378 e. The molecule has 0 bridgehead atoms. The van der Waals surface area contributed by atoms with Crippen LogP contribution in [-0.4, -0.2) is 26.1 Å². The Labute approximate surface area is 167 Å². The van der Waals surface area contributed by atoms with Gasteiger partial charge in [0.1, 0.15) is 0 Å². The molecule has 0 spiro atoms. The van der Waals surface area contributed by atoms with Gasteiger partial charge in [0.05, 0.1) is 10.5 Å². The van der Waals surface area contributed by atoms with Gasteiger partial charge in [-0.3, -0.25) is 0 Å². The molecular weight excluding hydrogens is 464 g/mol. The number of anilines is 1. The summed E-state index contributed by atoms with van der Waals surface area (Å²) in [6, 6.07) is 9.23. The van der Waals surface area contributed by atoms with E-state index in [2.05, 4.69) is 30.5 Å². The molecule has 0 amide bonds. The maximum Gasteiger partial charge on any atom is 0.416 e. The lowest BCUT2D eigenvalue weighted by atomic mass is 10.1. The Morgan fingerprint density at radius 2 is 1.78 bits per heavy atom. The number of alkyl halides is 3. The van der Waals surface area contributed by atoms with Gasteiger partial charge in [-0.25, -0.2) is 8.42 Å². The number of halogens is 4. The molecule has 0 heterocycles. The summed E-state index contributed by atoms with van der Waals surface area (Å²) in [6.45, 7) is 1.81. The molecule has 4 nitrogen and oxygen atoms in total. The molecule has 0 saturated heterocycles. The van der Waals surface area contributed by atoms with E-state index in [0.29, 0.717) is 15.7 Å². The molecule has 0 aliphatic rings. The first-order valence-corrected chi connectivity index (χ1v) is 10.9. The van der Waals surface area contributed by atoms with Gasteiger partial charge in [0.25, 0.3) is 0 Å². The van der Waals surface area contributed by atoms with Gasteiger partial charge in [-0.1, -0.05) is 12.1 Å². The molecule has 2 atom stereocenters. The average Bonchev–Trinajstić information content (AvgIpc) is 2.61. The van der Waals surface area contributed by atoms with Crippen molar-refractivity contribution in [3.05, 3.63) is 58.1 Å². The highest BCUT2D eigenvalue weighted by Gasteiger charge is 2.30. The van der Waals surface area contributed by atoms with Crippen LogP contribution in [0.25, 0.3) is 0 Å². The van der Waals surface area contributed by atoms with Gasteiger partial charge in [-0.15, -0.1) is 9.24 Å². The van der Waals surface area contributed by atoms with Crippen LogP contribution < -0.4 is 5.32 Å². The summed E-state index contributed by atoms with van der Waals surface area (Å²) in [7, 11) is 0.253. The van der Waals surface area contributed by atoms with E-state index in [1.54, 1.807) is 6.07 Å². The molecule has 0 aliphatic heterocycles. The third kappa shape index (κ3) is 5.22. The lowest BCUT2D eigenvalue weighted by Gasteiger charge is -2.19. The van der Waals surface area contributed by atoms with Gasteiger partial charge >= 0.3 is 6.18 Å². The molecule has 27 heavy (non-hydrogen) atoms. The molecule has 148 valence electrons. The third-order valence-corrected chi connectivity index (χ3v) is 7.30. The van der Waals surface area contributed by atoms with Gasteiger partial charge in [-0.05, 0) is 58.7 Å². The Morgan fingerprint density at radius 1 is 1.19 bits per heavy atom. The molecule has 1 N–H and O–H groups in total. The van der Waals surface area contributed by atoms with E-state index in [1.807, 2.05) is 6.92 Å². The Bertz CT molecular complexity index is 905. The van der Waals surface area contributed by atoms with Gasteiger partial charge in [0.15, 0.2) is 0 Å². The standard InChI is InChI=1S/C17H19BrF3N2O2PS/c1-11(12-3-5-13(6-4-12)17(19,20)21)22-16-8-7-14(9-15(16)18)27(24,25)23(2)10-26/h3-9,11,22H,10,26H2,1-2H3/t11-/m1/s1. The summed E-state index contributed by atoms with van der Waals surface area (Å²) in [4.78, 5) is 0.145. The first-order chi connectivity index (χ1) is 12.5. The molecule has 0 aliphatic carbocycles. The predicted molar refractivity (Wildman–Crippen MR) is 107 cm³/mol. The van der Waals surface area contributed by atoms with E-state index < -0.39 is 21.8 Å². The number of hydrogen-bond acceptors (Lipinski definition) is 3. The fourth-order valence-electron chi connectivity index (χ4n) is 2.33. The van der Waals surface area contributed by atoms with E-state index in [4.69, 9.17) is 0 Å². The lowest BCUT2D eigenvalue weighted by Crippen LogP contribution is -2.25. The van der Waals surface area contributed by atoms with E-state index in [0.717, 1.165) is 12.1 Å². The fraction of sp³-hybridized carbons (Fsp3) is 0.294. The Balaban J connectivity index is 2.20. The van der Waals surface area contributed by atoms with Crippen LogP contribution in [-0.2, 0) is 16.2 Å². The summed E-state index contributed by atoms with van der Waals surface area (Å²) < 4.78 is 64.5. The Hall–Kier alpha value is -1.15. The largest absolute Gasteiger partial charge is 0.416 e. The van der Waals surface area contributed by atoms with Crippen molar-refractivity contribution in [2.75, 3.05) is 18.7 Å². The van der Waals surface area contributed by atoms with Gasteiger partial charge in [0, 0.05) is 29.5 Å². The second-order valence-electron chi connectivity index (χ2n) is 5.91. The predicted octanol–water partition coefficient (Wildman–Crippen LogP) is 5.09. The molecule has 0 radical (unpaired) electrons. The monoisotopic (exact) mass is 482 g/mol. The van der Waals surface area contributed by atoms with Gasteiger partial charge in [0.2, 0.25) is 10.0 Å². The summed E-state index contributed by atoms with van der Waals surface area (Å²) in [5.74, 6) is 0. The highest BCUT2D eigenvalue weighted by molar-refractivity contribution is 9.10. The molecule has 2 aromatic rings. The first kappa shape index (κ1) is 22.1. The Kier molecular flexibility index (Phi) is 6.95. The van der Waals surface area contributed by atoms with Crippen LogP contribution >= 0.6 is 25.2 Å². The topological polar surface area (TPSA) is 49.4 Å². The van der Waals surface area contributed by atoms with Crippen LogP contribution in [0.15, 0.2) is 51.8 Å². The summed E-state index contributed by atoms with van der Waals surface area (Å²) >= 11 is 3.35. The number of benzene rings is 2. The summed E-state index contributed by atoms with van der Waals surface area (Å²) in [5, 5.41) is 3.17. The molecule has 2 rings (SSSR count). The Morgan fingerprint density at radius 3 is 2.26 bits per heavy atom. The zero-order chi connectivity index (χ0) is 20.4. The molecule has 0 saturated carbocycles. The molecule has 0 aromatic heterocycles. The van der Waals surface area contributed by atoms with Crippen molar-refractivity contribution in [3.63, 3.8) is 0 Å². The second-order valence-corrected chi connectivity index (χ2v) is 9.18. The zero-order valence-corrected chi connectivity index (χ0v) is 18.1. The summed E-state index contributed by atoms with van der Waals surface area (Å²) in [5.41, 5.74) is 0.608. The maximum atomic E-state index is 12.7. The van der Waals surface area contributed by atoms with Crippen LogP contribution in [0.2, 0.25) is 0 Å². The van der Waals surface area contributed by atoms with E-state index in [-0.39, 0.29) is 17.2 Å². The number of hydrogen-bond donors (Lipinski definition) is 1. The van der Waals surface area contributed by atoms with Gasteiger partial charge in [-0.2, -0.15) is 17.5 Å². The van der Waals surface area contributed by atoms with Crippen molar-refractivity contribution >= 4 is 40.9 Å². The number of nitrogens with one attached hydrogen (secondary N) is 1. The number of nitrogens with zero attached hydrogens (tertiary/aromatic N) is 1. The SMILES string of the molecule is C[C@@H](Nc1ccc(S(=O)(=O)N(C)CP)cc1Br)c1ccc(C(F)(F)F)cc1. The van der Waals surface area contributed by atoms with Crippen molar-refractivity contribution in [2.45, 2.75) is 24.0 Å².